The fourth-order valence-corrected chi connectivity index (χ4v) is 2.00. The lowest BCUT2D eigenvalue weighted by atomic mass is 10.1. The summed E-state index contributed by atoms with van der Waals surface area (Å²) in [6.45, 7) is 0.439. The SMILES string of the molecule is CN=C(/C=C\N)c1cccc(C(=O)NCc2cccnc2)c1. The van der Waals surface area contributed by atoms with Gasteiger partial charge in [0.15, 0.2) is 0 Å². The molecule has 1 aromatic heterocycles. The standard InChI is InChI=1S/C17H18N4O/c1-19-16(7-8-18)14-5-2-6-15(10-14)17(22)21-12-13-4-3-9-20-11-13/h2-11H,12,18H2,1H3,(H,21,22)/b8-7-,19-16?. The molecule has 3 N–H and O–H groups in total. The Morgan fingerprint density at radius 3 is 2.82 bits per heavy atom. The van der Waals surface area contributed by atoms with Crippen LogP contribution in [0.3, 0.4) is 0 Å². The molecule has 0 aliphatic carbocycles. The summed E-state index contributed by atoms with van der Waals surface area (Å²) in [5.74, 6) is -0.141. The van der Waals surface area contributed by atoms with E-state index >= 15 is 0 Å². The summed E-state index contributed by atoms with van der Waals surface area (Å²) in [7, 11) is 1.69. The minimum atomic E-state index is -0.141. The lowest BCUT2D eigenvalue weighted by molar-refractivity contribution is 0.0951. The van der Waals surface area contributed by atoms with Gasteiger partial charge < -0.3 is 11.1 Å². The van der Waals surface area contributed by atoms with Gasteiger partial charge in [-0.1, -0.05) is 18.2 Å². The maximum absolute atomic E-state index is 12.2. The van der Waals surface area contributed by atoms with E-state index in [1.807, 2.05) is 24.3 Å². The first-order valence-corrected chi connectivity index (χ1v) is 6.87. The molecule has 0 unspecified atom stereocenters. The summed E-state index contributed by atoms with van der Waals surface area (Å²) in [4.78, 5) is 20.4. The van der Waals surface area contributed by atoms with Crippen LogP contribution >= 0.6 is 0 Å². The zero-order valence-electron chi connectivity index (χ0n) is 12.4. The summed E-state index contributed by atoms with van der Waals surface area (Å²) >= 11 is 0. The molecular formula is C17H18N4O. The summed E-state index contributed by atoms with van der Waals surface area (Å²) in [6, 6.07) is 11.0. The van der Waals surface area contributed by atoms with E-state index in [-0.39, 0.29) is 5.91 Å². The number of carbonyl (C=O) groups excluding carboxylic acids is 1. The Bertz CT molecular complexity index is 693. The number of amides is 1. The maximum atomic E-state index is 12.2. The van der Waals surface area contributed by atoms with Gasteiger partial charge in [0.05, 0.1) is 5.71 Å². The molecule has 5 heteroatoms. The van der Waals surface area contributed by atoms with Crippen molar-refractivity contribution < 1.29 is 4.79 Å². The highest BCUT2D eigenvalue weighted by molar-refractivity contribution is 6.09. The van der Waals surface area contributed by atoms with Gasteiger partial charge in [0.25, 0.3) is 5.91 Å². The van der Waals surface area contributed by atoms with E-state index in [1.54, 1.807) is 37.7 Å². The molecular weight excluding hydrogens is 276 g/mol. The molecule has 0 atom stereocenters. The van der Waals surface area contributed by atoms with Gasteiger partial charge in [-0.3, -0.25) is 14.8 Å². The van der Waals surface area contributed by atoms with Crippen LogP contribution in [0.5, 0.6) is 0 Å². The van der Waals surface area contributed by atoms with Crippen LogP contribution < -0.4 is 11.1 Å². The lowest BCUT2D eigenvalue weighted by Crippen LogP contribution is -2.23. The number of nitrogens with one attached hydrogen (secondary N) is 1. The summed E-state index contributed by atoms with van der Waals surface area (Å²) in [5, 5.41) is 2.87. The van der Waals surface area contributed by atoms with Crippen molar-refractivity contribution in [2.24, 2.45) is 10.7 Å². The highest BCUT2D eigenvalue weighted by atomic mass is 16.1. The molecule has 1 heterocycles. The van der Waals surface area contributed by atoms with Crippen molar-refractivity contribution in [3.63, 3.8) is 0 Å². The van der Waals surface area contributed by atoms with Crippen molar-refractivity contribution in [3.05, 3.63) is 77.8 Å². The zero-order valence-corrected chi connectivity index (χ0v) is 12.4. The fourth-order valence-electron chi connectivity index (χ4n) is 2.00. The second-order valence-corrected chi connectivity index (χ2v) is 4.59. The van der Waals surface area contributed by atoms with E-state index in [0.29, 0.717) is 12.1 Å². The maximum Gasteiger partial charge on any atom is 0.251 e. The Labute approximate surface area is 129 Å². The highest BCUT2D eigenvalue weighted by Crippen LogP contribution is 2.08. The Kier molecular flexibility index (Phi) is 5.43. The number of nitrogens with zero attached hydrogens (tertiary/aromatic N) is 2. The topological polar surface area (TPSA) is 80.4 Å². The molecule has 112 valence electrons. The Balaban J connectivity index is 2.10. The number of pyridine rings is 1. The van der Waals surface area contributed by atoms with Crippen LogP contribution in [0.1, 0.15) is 21.5 Å². The van der Waals surface area contributed by atoms with Crippen LogP contribution in [0.25, 0.3) is 0 Å². The third-order valence-corrected chi connectivity index (χ3v) is 3.09. The summed E-state index contributed by atoms with van der Waals surface area (Å²) in [6.07, 6.45) is 6.56. The molecule has 0 bridgehead atoms. The number of carbonyl (C=O) groups is 1. The van der Waals surface area contributed by atoms with Crippen LogP contribution in [0, 0.1) is 0 Å². The van der Waals surface area contributed by atoms with Crippen LogP contribution in [-0.2, 0) is 6.54 Å². The van der Waals surface area contributed by atoms with Crippen LogP contribution in [0.2, 0.25) is 0 Å². The van der Waals surface area contributed by atoms with E-state index in [9.17, 15) is 4.79 Å². The first kappa shape index (κ1) is 15.4. The molecule has 1 aromatic carbocycles. The molecule has 2 rings (SSSR count). The average Bonchev–Trinajstić information content (AvgIpc) is 2.58. The monoisotopic (exact) mass is 294 g/mol. The van der Waals surface area contributed by atoms with Gasteiger partial charge in [0.2, 0.25) is 0 Å². The van der Waals surface area contributed by atoms with Crippen LogP contribution in [0.15, 0.2) is 66.1 Å². The van der Waals surface area contributed by atoms with Gasteiger partial charge in [0.1, 0.15) is 0 Å². The number of hydrogen-bond acceptors (Lipinski definition) is 4. The number of rotatable bonds is 5. The molecule has 2 aromatic rings. The predicted molar refractivity (Wildman–Crippen MR) is 87.6 cm³/mol. The van der Waals surface area contributed by atoms with E-state index in [1.165, 1.54) is 6.20 Å². The van der Waals surface area contributed by atoms with E-state index < -0.39 is 0 Å². The molecule has 0 spiro atoms. The van der Waals surface area contributed by atoms with Gasteiger partial charge in [-0.15, -0.1) is 0 Å². The molecule has 0 radical (unpaired) electrons. The number of aliphatic imine (C=N–C) groups is 1. The normalized spacial score (nSPS) is 11.6. The van der Waals surface area contributed by atoms with Crippen molar-refractivity contribution in [1.82, 2.24) is 10.3 Å². The average molecular weight is 294 g/mol. The van der Waals surface area contributed by atoms with Gasteiger partial charge in [-0.25, -0.2) is 0 Å². The smallest absolute Gasteiger partial charge is 0.251 e. The second-order valence-electron chi connectivity index (χ2n) is 4.59. The Hall–Kier alpha value is -2.95. The molecule has 0 saturated carbocycles. The van der Waals surface area contributed by atoms with Crippen LogP contribution in [-0.4, -0.2) is 23.7 Å². The Morgan fingerprint density at radius 1 is 1.32 bits per heavy atom. The van der Waals surface area contributed by atoms with Gasteiger partial charge >= 0.3 is 0 Å². The van der Waals surface area contributed by atoms with Crippen LogP contribution in [0.4, 0.5) is 0 Å². The molecule has 0 saturated heterocycles. The van der Waals surface area contributed by atoms with E-state index in [2.05, 4.69) is 15.3 Å². The Morgan fingerprint density at radius 2 is 2.14 bits per heavy atom. The zero-order chi connectivity index (χ0) is 15.8. The summed E-state index contributed by atoms with van der Waals surface area (Å²) < 4.78 is 0. The lowest BCUT2D eigenvalue weighted by Gasteiger charge is -2.07. The van der Waals surface area contributed by atoms with Crippen molar-refractivity contribution in [2.75, 3.05) is 7.05 Å². The second kappa shape index (κ2) is 7.73. The van der Waals surface area contributed by atoms with Crippen molar-refractivity contribution >= 4 is 11.6 Å². The number of hydrogen-bond donors (Lipinski definition) is 2. The predicted octanol–water partition coefficient (Wildman–Crippen LogP) is 1.90. The molecule has 0 aliphatic heterocycles. The number of nitrogens with two attached hydrogens (primary N) is 1. The third-order valence-electron chi connectivity index (χ3n) is 3.09. The minimum Gasteiger partial charge on any atom is -0.405 e. The van der Waals surface area contributed by atoms with Crippen molar-refractivity contribution in [2.45, 2.75) is 6.54 Å². The van der Waals surface area contributed by atoms with Gasteiger partial charge in [-0.05, 0) is 36.0 Å². The number of benzene rings is 1. The fraction of sp³-hybridized carbons (Fsp3) is 0.118. The number of allylic oxidation sites excluding steroid dienone is 1. The van der Waals surface area contributed by atoms with Gasteiger partial charge in [0, 0.05) is 37.1 Å². The first-order valence-electron chi connectivity index (χ1n) is 6.87. The summed E-state index contributed by atoms with van der Waals surface area (Å²) in [5.41, 5.74) is 8.51. The molecule has 5 nitrogen and oxygen atoms in total. The third kappa shape index (κ3) is 4.02. The van der Waals surface area contributed by atoms with Crippen molar-refractivity contribution in [1.29, 1.82) is 0 Å². The number of aromatic nitrogens is 1. The molecule has 0 fully saturated rings. The molecule has 0 aliphatic rings. The highest BCUT2D eigenvalue weighted by Gasteiger charge is 2.07. The molecule has 1 amide bonds. The molecule has 22 heavy (non-hydrogen) atoms. The van der Waals surface area contributed by atoms with E-state index in [0.717, 1.165) is 16.8 Å². The first-order chi connectivity index (χ1) is 10.7. The quantitative estimate of drug-likeness (QED) is 0.827. The van der Waals surface area contributed by atoms with Crippen molar-refractivity contribution in [3.8, 4) is 0 Å². The van der Waals surface area contributed by atoms with E-state index in [4.69, 9.17) is 5.73 Å². The van der Waals surface area contributed by atoms with Gasteiger partial charge in [-0.2, -0.15) is 0 Å². The largest absolute Gasteiger partial charge is 0.405 e. The minimum absolute atomic E-state index is 0.141.